The Morgan fingerprint density at radius 2 is 1.81 bits per heavy atom. The van der Waals surface area contributed by atoms with Crippen LogP contribution in [0.25, 0.3) is 22.0 Å². The second kappa shape index (κ2) is 7.27. The molecule has 0 fully saturated rings. The van der Waals surface area contributed by atoms with Gasteiger partial charge in [-0.1, -0.05) is 30.3 Å². The molecule has 0 saturated carbocycles. The van der Waals surface area contributed by atoms with Crippen molar-refractivity contribution >= 4 is 16.7 Å². The zero-order chi connectivity index (χ0) is 17.8. The van der Waals surface area contributed by atoms with Crippen LogP contribution in [0.15, 0.2) is 73.3 Å². The minimum Gasteiger partial charge on any atom is -0.369 e. The van der Waals surface area contributed by atoms with Crippen LogP contribution < -0.4 is 5.32 Å². The number of nitrogens with one attached hydrogen (secondary N) is 1. The highest BCUT2D eigenvalue weighted by atomic mass is 19.1. The minimum absolute atomic E-state index is 0.290. The Morgan fingerprint density at radius 3 is 2.62 bits per heavy atom. The number of hydrogen-bond acceptors (Lipinski definition) is 4. The van der Waals surface area contributed by atoms with Gasteiger partial charge in [0, 0.05) is 24.3 Å². The first-order valence-electron chi connectivity index (χ1n) is 8.43. The highest BCUT2D eigenvalue weighted by Gasteiger charge is 2.05. The Kier molecular flexibility index (Phi) is 4.51. The second-order valence-corrected chi connectivity index (χ2v) is 6.00. The fourth-order valence-corrected chi connectivity index (χ4v) is 2.89. The van der Waals surface area contributed by atoms with Gasteiger partial charge in [-0.2, -0.15) is 0 Å². The van der Waals surface area contributed by atoms with E-state index in [0.29, 0.717) is 17.7 Å². The molecule has 4 rings (SSSR count). The first-order chi connectivity index (χ1) is 12.8. The van der Waals surface area contributed by atoms with E-state index in [2.05, 4.69) is 44.5 Å². The quantitative estimate of drug-likeness (QED) is 0.580. The van der Waals surface area contributed by atoms with Crippen molar-refractivity contribution < 1.29 is 4.39 Å². The molecule has 0 spiro atoms. The van der Waals surface area contributed by atoms with Crippen LogP contribution in [0.5, 0.6) is 0 Å². The van der Waals surface area contributed by atoms with Gasteiger partial charge in [-0.15, -0.1) is 0 Å². The van der Waals surface area contributed by atoms with Gasteiger partial charge in [0.25, 0.3) is 0 Å². The van der Waals surface area contributed by atoms with Gasteiger partial charge in [-0.3, -0.25) is 4.98 Å². The summed E-state index contributed by atoms with van der Waals surface area (Å²) in [6.45, 7) is 0.703. The lowest BCUT2D eigenvalue weighted by Crippen LogP contribution is -2.07. The number of fused-ring (bicyclic) bond motifs is 1. The molecule has 0 aliphatic heterocycles. The lowest BCUT2D eigenvalue weighted by molar-refractivity contribution is 0.629. The van der Waals surface area contributed by atoms with Gasteiger partial charge in [0.2, 0.25) is 0 Å². The number of nitrogens with zero attached hydrogens (tertiary/aromatic N) is 3. The molecule has 0 bridgehead atoms. The molecule has 2 aromatic carbocycles. The Bertz CT molecular complexity index is 1020. The number of aromatic nitrogens is 3. The summed E-state index contributed by atoms with van der Waals surface area (Å²) in [5.74, 6) is 0.364. The van der Waals surface area contributed by atoms with Crippen molar-refractivity contribution in [3.63, 3.8) is 0 Å². The predicted molar refractivity (Wildman–Crippen MR) is 101 cm³/mol. The summed E-state index contributed by atoms with van der Waals surface area (Å²) in [7, 11) is 0. The smallest absolute Gasteiger partial charge is 0.137 e. The highest BCUT2D eigenvalue weighted by molar-refractivity contribution is 5.88. The van der Waals surface area contributed by atoms with E-state index in [1.54, 1.807) is 12.3 Å². The van der Waals surface area contributed by atoms with E-state index in [1.807, 2.05) is 18.3 Å². The largest absolute Gasteiger partial charge is 0.369 e. The van der Waals surface area contributed by atoms with Crippen molar-refractivity contribution in [2.24, 2.45) is 0 Å². The number of hydrogen-bond donors (Lipinski definition) is 1. The Balaban J connectivity index is 1.43. The molecule has 0 atom stereocenters. The van der Waals surface area contributed by atoms with E-state index in [9.17, 15) is 4.39 Å². The van der Waals surface area contributed by atoms with E-state index in [0.717, 1.165) is 23.1 Å². The van der Waals surface area contributed by atoms with Crippen LogP contribution in [0, 0.1) is 5.82 Å². The maximum Gasteiger partial charge on any atom is 0.137 e. The molecule has 0 aliphatic carbocycles. The van der Waals surface area contributed by atoms with Gasteiger partial charge in [-0.25, -0.2) is 14.4 Å². The predicted octanol–water partition coefficient (Wildman–Crippen LogP) is 4.49. The van der Waals surface area contributed by atoms with Gasteiger partial charge in [0.15, 0.2) is 0 Å². The maximum atomic E-state index is 13.5. The van der Waals surface area contributed by atoms with E-state index >= 15 is 0 Å². The molecule has 2 aromatic heterocycles. The number of pyridine rings is 1. The number of halogens is 1. The SMILES string of the molecule is Fc1ccc2ncnc(NCCc3ccc(-c4cccnc4)cc3)c2c1. The molecule has 128 valence electrons. The Hall–Kier alpha value is -3.34. The van der Waals surface area contributed by atoms with Crippen LogP contribution in [0.3, 0.4) is 0 Å². The standard InChI is InChI=1S/C21H17FN4/c22-18-7-8-20-19(12-18)21(26-14-25-20)24-11-9-15-3-5-16(6-4-15)17-2-1-10-23-13-17/h1-8,10,12-14H,9,11H2,(H,24,25,26). The van der Waals surface area contributed by atoms with E-state index in [-0.39, 0.29) is 5.82 Å². The molecule has 4 aromatic rings. The third kappa shape index (κ3) is 3.52. The van der Waals surface area contributed by atoms with Gasteiger partial charge in [-0.05, 0) is 47.4 Å². The van der Waals surface area contributed by atoms with Crippen molar-refractivity contribution in [3.05, 3.63) is 84.7 Å². The average Bonchev–Trinajstić information content (AvgIpc) is 2.69. The highest BCUT2D eigenvalue weighted by Crippen LogP contribution is 2.21. The first-order valence-corrected chi connectivity index (χ1v) is 8.43. The average molecular weight is 344 g/mol. The topological polar surface area (TPSA) is 50.7 Å². The van der Waals surface area contributed by atoms with E-state index in [1.165, 1.54) is 24.0 Å². The van der Waals surface area contributed by atoms with Gasteiger partial charge >= 0.3 is 0 Å². The van der Waals surface area contributed by atoms with Crippen LogP contribution in [0.4, 0.5) is 10.2 Å². The Morgan fingerprint density at radius 1 is 0.923 bits per heavy atom. The van der Waals surface area contributed by atoms with Crippen LogP contribution in [-0.2, 0) is 6.42 Å². The van der Waals surface area contributed by atoms with Crippen LogP contribution in [0.2, 0.25) is 0 Å². The molecule has 1 N–H and O–H groups in total. The third-order valence-corrected chi connectivity index (χ3v) is 4.25. The van der Waals surface area contributed by atoms with Gasteiger partial charge < -0.3 is 5.32 Å². The molecule has 4 nitrogen and oxygen atoms in total. The first kappa shape index (κ1) is 16.1. The number of benzene rings is 2. The second-order valence-electron chi connectivity index (χ2n) is 6.00. The van der Waals surface area contributed by atoms with Crippen molar-refractivity contribution in [2.45, 2.75) is 6.42 Å². The molecule has 0 saturated heterocycles. The summed E-state index contributed by atoms with van der Waals surface area (Å²) in [6, 6.07) is 16.9. The van der Waals surface area contributed by atoms with Gasteiger partial charge in [0.05, 0.1) is 5.52 Å². The molecule has 0 unspecified atom stereocenters. The molecule has 0 aliphatic rings. The summed E-state index contributed by atoms with van der Waals surface area (Å²) in [4.78, 5) is 12.6. The van der Waals surface area contributed by atoms with Crippen molar-refractivity contribution in [1.82, 2.24) is 15.0 Å². The summed E-state index contributed by atoms with van der Waals surface area (Å²) in [5.41, 5.74) is 4.19. The molecular weight excluding hydrogens is 327 g/mol. The monoisotopic (exact) mass is 344 g/mol. The fraction of sp³-hybridized carbons (Fsp3) is 0.0952. The van der Waals surface area contributed by atoms with Crippen molar-refractivity contribution in [2.75, 3.05) is 11.9 Å². The zero-order valence-electron chi connectivity index (χ0n) is 14.1. The fourth-order valence-electron chi connectivity index (χ4n) is 2.89. The van der Waals surface area contributed by atoms with Crippen molar-refractivity contribution in [3.8, 4) is 11.1 Å². The summed E-state index contributed by atoms with van der Waals surface area (Å²) < 4.78 is 13.5. The van der Waals surface area contributed by atoms with E-state index in [4.69, 9.17) is 0 Å². The zero-order valence-corrected chi connectivity index (χ0v) is 14.1. The van der Waals surface area contributed by atoms with Crippen LogP contribution >= 0.6 is 0 Å². The maximum absolute atomic E-state index is 13.5. The van der Waals surface area contributed by atoms with Crippen LogP contribution in [0.1, 0.15) is 5.56 Å². The molecule has 26 heavy (non-hydrogen) atoms. The third-order valence-electron chi connectivity index (χ3n) is 4.25. The molecule has 2 heterocycles. The molecule has 0 amide bonds. The lowest BCUT2D eigenvalue weighted by atomic mass is 10.0. The molecular formula is C21H17FN4. The Labute approximate surface area is 150 Å². The summed E-state index contributed by atoms with van der Waals surface area (Å²) in [5, 5.41) is 3.98. The summed E-state index contributed by atoms with van der Waals surface area (Å²) in [6.07, 6.45) is 5.96. The van der Waals surface area contributed by atoms with Crippen LogP contribution in [-0.4, -0.2) is 21.5 Å². The molecule has 0 radical (unpaired) electrons. The lowest BCUT2D eigenvalue weighted by Gasteiger charge is -2.09. The van der Waals surface area contributed by atoms with Gasteiger partial charge in [0.1, 0.15) is 18.0 Å². The summed E-state index contributed by atoms with van der Waals surface area (Å²) >= 11 is 0. The minimum atomic E-state index is -0.290. The number of anilines is 1. The normalized spacial score (nSPS) is 10.8. The van der Waals surface area contributed by atoms with E-state index < -0.39 is 0 Å². The molecule has 5 heteroatoms. The number of rotatable bonds is 5. The van der Waals surface area contributed by atoms with Crippen molar-refractivity contribution in [1.29, 1.82) is 0 Å².